The molecule has 1 saturated heterocycles. The quantitative estimate of drug-likeness (QED) is 0.514. The molecule has 162 valence electrons. The van der Waals surface area contributed by atoms with Gasteiger partial charge in [-0.05, 0) is 64.5 Å². The van der Waals surface area contributed by atoms with E-state index in [1.54, 1.807) is 11.1 Å². The number of nitrogens with zero attached hydrogens (tertiary/aromatic N) is 1. The van der Waals surface area contributed by atoms with Crippen LogP contribution >= 0.6 is 0 Å². The highest BCUT2D eigenvalue weighted by Crippen LogP contribution is 2.23. The number of piperidine rings is 1. The van der Waals surface area contributed by atoms with Gasteiger partial charge in [0.1, 0.15) is 11.4 Å². The molecule has 2 aromatic rings. The van der Waals surface area contributed by atoms with Crippen molar-refractivity contribution in [3.8, 4) is 12.8 Å². The first-order chi connectivity index (χ1) is 14.1. The highest BCUT2D eigenvalue weighted by atomic mass is 16.6. The molecule has 1 atom stereocenters. The average molecular weight is 413 g/mol. The number of aromatic amines is 1. The number of ether oxygens (including phenoxy) is 1. The van der Waals surface area contributed by atoms with Gasteiger partial charge in [-0.3, -0.25) is 9.69 Å². The number of hydrogen-bond acceptors (Lipinski definition) is 4. The summed E-state index contributed by atoms with van der Waals surface area (Å²) in [5.74, 6) is 0.0468. The lowest BCUT2D eigenvalue weighted by atomic mass is 10.0. The highest BCUT2D eigenvalue weighted by molar-refractivity contribution is 5.81. The van der Waals surface area contributed by atoms with Crippen molar-refractivity contribution in [2.24, 2.45) is 0 Å². The van der Waals surface area contributed by atoms with Crippen LogP contribution in [0.15, 0.2) is 47.6 Å². The third-order valence-corrected chi connectivity index (χ3v) is 4.44. The number of benzene rings is 1. The SMILES string of the molecule is C#C.C=C(O)[C@@H]1CCCCN1C(=O)OC(C)(C)C.Cc1ccc2c(=O)[nH]ccc2c1. The van der Waals surface area contributed by atoms with Crippen molar-refractivity contribution in [3.05, 3.63) is 58.7 Å². The van der Waals surface area contributed by atoms with Gasteiger partial charge >= 0.3 is 6.09 Å². The van der Waals surface area contributed by atoms with Gasteiger partial charge in [0, 0.05) is 18.1 Å². The number of carbonyl (C=O) groups is 1. The minimum Gasteiger partial charge on any atom is -0.511 e. The molecule has 1 fully saturated rings. The Bertz CT molecular complexity index is 937. The van der Waals surface area contributed by atoms with Crippen molar-refractivity contribution in [3.63, 3.8) is 0 Å². The van der Waals surface area contributed by atoms with Gasteiger partial charge < -0.3 is 14.8 Å². The number of H-pyrrole nitrogens is 1. The van der Waals surface area contributed by atoms with Crippen molar-refractivity contribution in [2.45, 2.75) is 58.6 Å². The first-order valence-corrected chi connectivity index (χ1v) is 9.87. The van der Waals surface area contributed by atoms with Crippen LogP contribution in [0, 0.1) is 19.8 Å². The van der Waals surface area contributed by atoms with E-state index in [0.29, 0.717) is 6.54 Å². The second-order valence-corrected chi connectivity index (χ2v) is 8.07. The molecule has 1 amide bonds. The number of aromatic nitrogens is 1. The standard InChI is InChI=1S/C12H21NO3.C10H9NO.C2H2/c1-9(14)10-7-5-6-8-13(10)11(15)16-12(2,3)4;1-7-2-3-9-8(6-7)4-5-11-10(9)12;1-2/h10,14H,1,5-8H2,2-4H3;2-6H,1H3,(H,11,12);1-2H/t10-;;/m0../s1. The predicted octanol–water partition coefficient (Wildman–Crippen LogP) is 4.93. The number of aliphatic hydroxyl groups excluding tert-OH is 1. The molecule has 6 heteroatoms. The summed E-state index contributed by atoms with van der Waals surface area (Å²) in [5, 5.41) is 11.2. The third kappa shape index (κ3) is 7.32. The number of pyridine rings is 1. The summed E-state index contributed by atoms with van der Waals surface area (Å²) in [4.78, 5) is 27.3. The van der Waals surface area contributed by atoms with Crippen molar-refractivity contribution < 1.29 is 14.6 Å². The van der Waals surface area contributed by atoms with Crippen LogP contribution in [0.5, 0.6) is 0 Å². The fourth-order valence-electron chi connectivity index (χ4n) is 3.13. The van der Waals surface area contributed by atoms with E-state index in [-0.39, 0.29) is 23.5 Å². The first kappa shape index (κ1) is 24.8. The number of aliphatic hydroxyl groups is 1. The average Bonchev–Trinajstić information content (AvgIpc) is 2.69. The van der Waals surface area contributed by atoms with E-state index in [9.17, 15) is 14.7 Å². The van der Waals surface area contributed by atoms with Crippen LogP contribution in [0.3, 0.4) is 0 Å². The van der Waals surface area contributed by atoms with Gasteiger partial charge in [-0.25, -0.2) is 4.79 Å². The number of aryl methyl sites for hydroxylation is 1. The van der Waals surface area contributed by atoms with E-state index < -0.39 is 5.60 Å². The van der Waals surface area contributed by atoms with Crippen LogP contribution in [-0.2, 0) is 4.74 Å². The van der Waals surface area contributed by atoms with Crippen LogP contribution < -0.4 is 5.56 Å². The van der Waals surface area contributed by atoms with Gasteiger partial charge in [-0.2, -0.15) is 0 Å². The van der Waals surface area contributed by atoms with E-state index in [1.807, 2.05) is 52.0 Å². The van der Waals surface area contributed by atoms with Crippen molar-refractivity contribution in [1.82, 2.24) is 9.88 Å². The van der Waals surface area contributed by atoms with E-state index in [2.05, 4.69) is 24.4 Å². The van der Waals surface area contributed by atoms with Crippen molar-refractivity contribution in [2.75, 3.05) is 6.54 Å². The molecule has 6 nitrogen and oxygen atoms in total. The lowest BCUT2D eigenvalue weighted by Crippen LogP contribution is -2.46. The summed E-state index contributed by atoms with van der Waals surface area (Å²) >= 11 is 0. The Kier molecular flexibility index (Phi) is 9.19. The third-order valence-electron chi connectivity index (χ3n) is 4.44. The molecule has 1 aliphatic rings. The molecule has 1 aromatic carbocycles. The topological polar surface area (TPSA) is 82.6 Å². The maximum atomic E-state index is 11.9. The van der Waals surface area contributed by atoms with Gasteiger partial charge in [0.05, 0.1) is 6.04 Å². The molecule has 1 aromatic heterocycles. The highest BCUT2D eigenvalue weighted by Gasteiger charge is 2.31. The largest absolute Gasteiger partial charge is 0.511 e. The molecular weight excluding hydrogens is 380 g/mol. The number of nitrogens with one attached hydrogen (secondary N) is 1. The molecule has 1 aliphatic heterocycles. The Morgan fingerprint density at radius 2 is 1.93 bits per heavy atom. The molecule has 0 aliphatic carbocycles. The number of amides is 1. The Balaban J connectivity index is 0.000000285. The van der Waals surface area contributed by atoms with Crippen molar-refractivity contribution >= 4 is 16.9 Å². The molecule has 0 radical (unpaired) electrons. The second-order valence-electron chi connectivity index (χ2n) is 8.07. The zero-order chi connectivity index (χ0) is 22.9. The number of likely N-dealkylation sites (tertiary alicyclic amines) is 1. The predicted molar refractivity (Wildman–Crippen MR) is 122 cm³/mol. The fourth-order valence-corrected chi connectivity index (χ4v) is 3.13. The molecule has 3 rings (SSSR count). The van der Waals surface area contributed by atoms with E-state index in [4.69, 9.17) is 4.74 Å². The summed E-state index contributed by atoms with van der Waals surface area (Å²) in [7, 11) is 0. The van der Waals surface area contributed by atoms with Gasteiger partial charge in [0.2, 0.25) is 0 Å². The van der Waals surface area contributed by atoms with Crippen LogP contribution in [0.4, 0.5) is 4.79 Å². The maximum absolute atomic E-state index is 11.9. The van der Waals surface area contributed by atoms with Crippen LogP contribution in [0.2, 0.25) is 0 Å². The summed E-state index contributed by atoms with van der Waals surface area (Å²) < 4.78 is 5.29. The van der Waals surface area contributed by atoms with E-state index in [0.717, 1.165) is 30.0 Å². The number of carbonyl (C=O) groups excluding carboxylic acids is 1. The Hall–Kier alpha value is -3.20. The minimum atomic E-state index is -0.504. The number of rotatable bonds is 1. The number of terminal acetylenes is 1. The van der Waals surface area contributed by atoms with Crippen LogP contribution in [0.1, 0.15) is 45.6 Å². The van der Waals surface area contributed by atoms with E-state index in [1.165, 1.54) is 5.56 Å². The molecule has 0 saturated carbocycles. The Morgan fingerprint density at radius 1 is 1.27 bits per heavy atom. The first-order valence-electron chi connectivity index (χ1n) is 9.87. The Labute approximate surface area is 178 Å². The van der Waals surface area contributed by atoms with Gasteiger partial charge in [-0.1, -0.05) is 24.3 Å². The smallest absolute Gasteiger partial charge is 0.410 e. The lowest BCUT2D eigenvalue weighted by molar-refractivity contribution is 0.00959. The molecule has 0 bridgehead atoms. The van der Waals surface area contributed by atoms with Crippen molar-refractivity contribution in [1.29, 1.82) is 0 Å². The van der Waals surface area contributed by atoms with Crippen LogP contribution in [-0.4, -0.2) is 39.3 Å². The molecule has 0 spiro atoms. The van der Waals surface area contributed by atoms with Crippen LogP contribution in [0.25, 0.3) is 10.8 Å². The molecule has 0 unspecified atom stereocenters. The normalized spacial score (nSPS) is 15.8. The minimum absolute atomic E-state index is 0.0208. The second kappa shape index (κ2) is 11.1. The van der Waals surface area contributed by atoms with E-state index >= 15 is 0 Å². The zero-order valence-corrected chi connectivity index (χ0v) is 18.3. The van der Waals surface area contributed by atoms with Gasteiger partial charge in [0.15, 0.2) is 0 Å². The van der Waals surface area contributed by atoms with Gasteiger partial charge in [0.25, 0.3) is 5.56 Å². The fraction of sp³-hybridized carbons (Fsp3) is 0.417. The molecular formula is C24H32N2O4. The number of fused-ring (bicyclic) bond motifs is 1. The summed E-state index contributed by atoms with van der Waals surface area (Å²) in [6.07, 6.45) is 12.0. The lowest BCUT2D eigenvalue weighted by Gasteiger charge is -2.36. The zero-order valence-electron chi connectivity index (χ0n) is 18.3. The summed E-state index contributed by atoms with van der Waals surface area (Å²) in [5.41, 5.74) is 0.649. The number of hydrogen-bond donors (Lipinski definition) is 2. The summed E-state index contributed by atoms with van der Waals surface area (Å²) in [6, 6.07) is 7.42. The summed E-state index contributed by atoms with van der Waals surface area (Å²) in [6.45, 7) is 11.6. The monoisotopic (exact) mass is 412 g/mol. The molecule has 30 heavy (non-hydrogen) atoms. The molecule has 2 heterocycles. The molecule has 2 N–H and O–H groups in total. The Morgan fingerprint density at radius 3 is 2.53 bits per heavy atom. The maximum Gasteiger partial charge on any atom is 0.410 e. The van der Waals surface area contributed by atoms with Gasteiger partial charge in [-0.15, -0.1) is 12.8 Å².